The molecule has 1 N–H and O–H groups in total. The number of aryl methyl sites for hydroxylation is 1. The second-order valence-electron chi connectivity index (χ2n) is 7.45. The van der Waals surface area contributed by atoms with Gasteiger partial charge in [0.25, 0.3) is 0 Å². The maximum absolute atomic E-state index is 12.6. The first kappa shape index (κ1) is 23.0. The Balaban J connectivity index is 1.78. The highest BCUT2D eigenvalue weighted by Crippen LogP contribution is 2.41. The predicted molar refractivity (Wildman–Crippen MR) is 136 cm³/mol. The normalized spacial score (nSPS) is 16.1. The number of para-hydroxylation sites is 1. The summed E-state index contributed by atoms with van der Waals surface area (Å²) in [6.07, 6.45) is 1.87. The number of esters is 1. The van der Waals surface area contributed by atoms with Crippen molar-refractivity contribution in [2.75, 3.05) is 6.61 Å². The van der Waals surface area contributed by atoms with Crippen molar-refractivity contribution in [3.8, 4) is 5.69 Å². The smallest absolute Gasteiger partial charge is 0.344 e. The van der Waals surface area contributed by atoms with E-state index in [0.29, 0.717) is 20.7 Å². The molecule has 0 amide bonds. The van der Waals surface area contributed by atoms with Crippen molar-refractivity contribution < 1.29 is 14.6 Å². The Morgan fingerprint density at radius 1 is 1.15 bits per heavy atom. The summed E-state index contributed by atoms with van der Waals surface area (Å²) in [7, 11) is 0. The van der Waals surface area contributed by atoms with Gasteiger partial charge in [-0.25, -0.2) is 9.79 Å². The minimum atomic E-state index is -0.593. The zero-order valence-electron chi connectivity index (χ0n) is 18.5. The lowest BCUT2D eigenvalue weighted by Crippen LogP contribution is -2.12. The molecule has 33 heavy (non-hydrogen) atoms. The first-order valence-electron chi connectivity index (χ1n) is 10.5. The second-order valence-corrected chi connectivity index (χ2v) is 8.92. The number of aromatic nitrogens is 1. The Morgan fingerprint density at radius 2 is 1.91 bits per heavy atom. The number of hydrogen-bond acceptors (Lipinski definition) is 5. The van der Waals surface area contributed by atoms with Gasteiger partial charge in [-0.15, -0.1) is 0 Å². The molecular formula is C26H23ClN2O3S. The van der Waals surface area contributed by atoms with Gasteiger partial charge >= 0.3 is 5.97 Å². The van der Waals surface area contributed by atoms with Crippen molar-refractivity contribution >= 4 is 46.1 Å². The number of carbonyl (C=O) groups excluding carboxylic acids is 1. The van der Waals surface area contributed by atoms with Gasteiger partial charge < -0.3 is 14.4 Å². The van der Waals surface area contributed by atoms with Crippen LogP contribution in [0.1, 0.15) is 23.9 Å². The molecule has 0 fully saturated rings. The van der Waals surface area contributed by atoms with Crippen LogP contribution in [0.4, 0.5) is 5.69 Å². The summed E-state index contributed by atoms with van der Waals surface area (Å²) in [5.74, 6) is -0.717. The molecule has 0 atom stereocenters. The van der Waals surface area contributed by atoms with Gasteiger partial charge in [-0.3, -0.25) is 0 Å². The number of aliphatic hydroxyl groups is 1. The summed E-state index contributed by atoms with van der Waals surface area (Å²) in [6.45, 7) is 5.96. The Hall–Kier alpha value is -3.22. The standard InChI is InChI=1S/C26H23ClN2O3S/c1-4-32-26(31)23-24(30)22(33-25(23)28-20-10-6-5-7-11-20)14-18-13-16(2)29(17(18)3)21-12-8-9-19(27)15-21/h5-15,30H,4H2,1-3H3/b22-14-,28-25?. The quantitative estimate of drug-likeness (QED) is 0.403. The van der Waals surface area contributed by atoms with E-state index in [4.69, 9.17) is 16.3 Å². The average Bonchev–Trinajstić information content (AvgIpc) is 3.24. The van der Waals surface area contributed by atoms with E-state index in [-0.39, 0.29) is 17.9 Å². The van der Waals surface area contributed by atoms with Gasteiger partial charge in [0.15, 0.2) is 0 Å². The zero-order chi connectivity index (χ0) is 23.5. The van der Waals surface area contributed by atoms with Crippen molar-refractivity contribution in [1.82, 2.24) is 4.57 Å². The van der Waals surface area contributed by atoms with E-state index in [1.165, 1.54) is 11.8 Å². The number of carbonyl (C=O) groups is 1. The monoisotopic (exact) mass is 478 g/mol. The third-order valence-corrected chi connectivity index (χ3v) is 6.44. The third kappa shape index (κ3) is 4.77. The molecule has 0 radical (unpaired) electrons. The highest BCUT2D eigenvalue weighted by atomic mass is 35.5. The Labute approximate surface area is 202 Å². The van der Waals surface area contributed by atoms with Gasteiger partial charge in [-0.2, -0.15) is 0 Å². The molecule has 0 bridgehead atoms. The molecule has 5 nitrogen and oxygen atoms in total. The minimum absolute atomic E-state index is 0.0839. The summed E-state index contributed by atoms with van der Waals surface area (Å²) in [5, 5.41) is 12.0. The van der Waals surface area contributed by atoms with Gasteiger partial charge in [-0.1, -0.05) is 47.6 Å². The number of nitrogens with zero attached hydrogens (tertiary/aromatic N) is 2. The van der Waals surface area contributed by atoms with Crippen LogP contribution in [-0.4, -0.2) is 27.3 Å². The van der Waals surface area contributed by atoms with Crippen LogP contribution in [0.3, 0.4) is 0 Å². The fourth-order valence-corrected chi connectivity index (χ4v) is 4.91. The number of rotatable bonds is 5. The highest BCUT2D eigenvalue weighted by molar-refractivity contribution is 8.18. The minimum Gasteiger partial charge on any atom is -0.506 e. The Morgan fingerprint density at radius 3 is 2.61 bits per heavy atom. The number of benzene rings is 2. The molecule has 0 unspecified atom stereocenters. The van der Waals surface area contributed by atoms with Crippen molar-refractivity contribution in [1.29, 1.82) is 0 Å². The number of halogens is 1. The molecule has 3 aromatic rings. The number of aliphatic hydroxyl groups excluding tert-OH is 1. The van der Waals surface area contributed by atoms with Crippen LogP contribution in [0.2, 0.25) is 5.02 Å². The SMILES string of the molecule is CCOC(=O)C1=C(O)/C(=C/c2cc(C)n(-c3cccc(Cl)c3)c2C)SC1=Nc1ccccc1. The van der Waals surface area contributed by atoms with Gasteiger partial charge in [0, 0.05) is 22.1 Å². The van der Waals surface area contributed by atoms with Crippen molar-refractivity contribution in [2.45, 2.75) is 20.8 Å². The summed E-state index contributed by atoms with van der Waals surface area (Å²) in [4.78, 5) is 17.7. The first-order chi connectivity index (χ1) is 15.9. The Kier molecular flexibility index (Phi) is 6.77. The molecule has 1 aromatic heterocycles. The second kappa shape index (κ2) is 9.73. The van der Waals surface area contributed by atoms with Gasteiger partial charge in [0.05, 0.1) is 17.2 Å². The lowest BCUT2D eigenvalue weighted by molar-refractivity contribution is -0.138. The molecule has 0 spiro atoms. The topological polar surface area (TPSA) is 63.8 Å². The molecule has 1 aliphatic rings. The molecule has 2 heterocycles. The van der Waals surface area contributed by atoms with Gasteiger partial charge in [0.1, 0.15) is 16.4 Å². The molecule has 168 valence electrons. The summed E-state index contributed by atoms with van der Waals surface area (Å²) < 4.78 is 7.28. The summed E-state index contributed by atoms with van der Waals surface area (Å²) in [6, 6.07) is 19.0. The lowest BCUT2D eigenvalue weighted by atomic mass is 10.2. The molecule has 4 rings (SSSR count). The molecule has 0 aliphatic carbocycles. The molecule has 7 heteroatoms. The molecule has 1 aliphatic heterocycles. The van der Waals surface area contributed by atoms with Crippen molar-refractivity contribution in [2.24, 2.45) is 4.99 Å². The summed E-state index contributed by atoms with van der Waals surface area (Å²) in [5.41, 5.74) is 4.67. The van der Waals surface area contributed by atoms with E-state index in [1.54, 1.807) is 6.92 Å². The predicted octanol–water partition coefficient (Wildman–Crippen LogP) is 6.94. The van der Waals surface area contributed by atoms with Crippen LogP contribution in [0.25, 0.3) is 11.8 Å². The maximum atomic E-state index is 12.6. The highest BCUT2D eigenvalue weighted by Gasteiger charge is 2.33. The van der Waals surface area contributed by atoms with E-state index in [9.17, 15) is 9.90 Å². The van der Waals surface area contributed by atoms with Crippen molar-refractivity contribution in [3.05, 3.63) is 98.9 Å². The average molecular weight is 479 g/mol. The molecule has 2 aromatic carbocycles. The first-order valence-corrected chi connectivity index (χ1v) is 11.7. The van der Waals surface area contributed by atoms with Gasteiger partial charge in [-0.05, 0) is 68.8 Å². The Bertz CT molecular complexity index is 1310. The van der Waals surface area contributed by atoms with E-state index in [2.05, 4.69) is 9.56 Å². The molecular weight excluding hydrogens is 456 g/mol. The fourth-order valence-electron chi connectivity index (χ4n) is 3.70. The van der Waals surface area contributed by atoms with Crippen LogP contribution in [0.5, 0.6) is 0 Å². The van der Waals surface area contributed by atoms with E-state index in [0.717, 1.165) is 22.6 Å². The van der Waals surface area contributed by atoms with Crippen LogP contribution in [-0.2, 0) is 9.53 Å². The van der Waals surface area contributed by atoms with E-state index >= 15 is 0 Å². The summed E-state index contributed by atoms with van der Waals surface area (Å²) >= 11 is 7.44. The van der Waals surface area contributed by atoms with E-state index in [1.807, 2.05) is 80.6 Å². The lowest BCUT2D eigenvalue weighted by Gasteiger charge is -2.10. The maximum Gasteiger partial charge on any atom is 0.344 e. The molecule has 0 saturated heterocycles. The number of aliphatic imine (C=N–C) groups is 1. The zero-order valence-corrected chi connectivity index (χ0v) is 20.1. The number of thioether (sulfide) groups is 1. The van der Waals surface area contributed by atoms with Crippen LogP contribution < -0.4 is 0 Å². The largest absolute Gasteiger partial charge is 0.506 e. The fraction of sp³-hybridized carbons (Fsp3) is 0.154. The van der Waals surface area contributed by atoms with Gasteiger partial charge in [0.2, 0.25) is 0 Å². The van der Waals surface area contributed by atoms with Crippen LogP contribution in [0.15, 0.2) is 81.9 Å². The molecule has 0 saturated carbocycles. The number of ether oxygens (including phenoxy) is 1. The van der Waals surface area contributed by atoms with Crippen LogP contribution >= 0.6 is 23.4 Å². The van der Waals surface area contributed by atoms with E-state index < -0.39 is 5.97 Å². The van der Waals surface area contributed by atoms with Crippen LogP contribution in [0, 0.1) is 13.8 Å². The van der Waals surface area contributed by atoms with Crippen molar-refractivity contribution in [3.63, 3.8) is 0 Å². The number of hydrogen-bond donors (Lipinski definition) is 1. The third-order valence-electron chi connectivity index (χ3n) is 5.18.